The number of nitrogens with zero attached hydrogens (tertiary/aromatic N) is 1. The van der Waals surface area contributed by atoms with Crippen LogP contribution in [0.5, 0.6) is 0 Å². The average Bonchev–Trinajstić information content (AvgIpc) is 2.43. The molecule has 20 heavy (non-hydrogen) atoms. The third-order valence-corrected chi connectivity index (χ3v) is 4.27. The van der Waals surface area contributed by atoms with E-state index in [0.717, 1.165) is 24.9 Å². The number of hydrogen-bond acceptors (Lipinski definition) is 2. The molecule has 1 N–H and O–H groups in total. The molecule has 2 rings (SSSR count). The molecule has 1 aliphatic heterocycles. The van der Waals surface area contributed by atoms with E-state index < -0.39 is 0 Å². The third-order valence-electron chi connectivity index (χ3n) is 4.27. The normalized spacial score (nSPS) is 19.2. The van der Waals surface area contributed by atoms with Crippen molar-refractivity contribution in [3.8, 4) is 0 Å². The molecule has 0 saturated carbocycles. The Morgan fingerprint density at radius 1 is 1.30 bits per heavy atom. The van der Waals surface area contributed by atoms with Gasteiger partial charge in [0.25, 0.3) is 0 Å². The van der Waals surface area contributed by atoms with Gasteiger partial charge in [-0.15, -0.1) is 0 Å². The molecule has 0 aromatic heterocycles. The van der Waals surface area contributed by atoms with E-state index in [9.17, 15) is 8.78 Å². The van der Waals surface area contributed by atoms with Crippen molar-refractivity contribution < 1.29 is 8.78 Å². The van der Waals surface area contributed by atoms with Gasteiger partial charge < -0.3 is 10.2 Å². The molecule has 4 heteroatoms. The lowest BCUT2D eigenvalue weighted by Crippen LogP contribution is -2.32. The molecular weight excluding hydrogens is 258 g/mol. The van der Waals surface area contributed by atoms with Gasteiger partial charge in [-0.2, -0.15) is 0 Å². The lowest BCUT2D eigenvalue weighted by atomic mass is 9.93. The van der Waals surface area contributed by atoms with Crippen LogP contribution in [0.2, 0.25) is 0 Å². The highest BCUT2D eigenvalue weighted by atomic mass is 19.1. The first-order chi connectivity index (χ1) is 9.56. The molecule has 1 aliphatic rings. The number of likely N-dealkylation sites (tertiary alicyclic amines) is 1. The van der Waals surface area contributed by atoms with Gasteiger partial charge in [-0.3, -0.25) is 0 Å². The number of nitrogens with one attached hydrogen (secondary N) is 1. The smallest absolute Gasteiger partial charge is 0.128 e. The van der Waals surface area contributed by atoms with Gasteiger partial charge in [-0.1, -0.05) is 0 Å². The van der Waals surface area contributed by atoms with Crippen molar-refractivity contribution in [2.75, 3.05) is 26.7 Å². The van der Waals surface area contributed by atoms with Crippen molar-refractivity contribution in [1.82, 2.24) is 10.2 Å². The molecule has 1 aromatic rings. The Morgan fingerprint density at radius 3 is 2.70 bits per heavy atom. The van der Waals surface area contributed by atoms with E-state index in [1.54, 1.807) is 0 Å². The van der Waals surface area contributed by atoms with Crippen LogP contribution in [-0.4, -0.2) is 31.6 Å². The molecule has 0 bridgehead atoms. The summed E-state index contributed by atoms with van der Waals surface area (Å²) < 4.78 is 26.8. The minimum Gasteiger partial charge on any atom is -0.310 e. The monoisotopic (exact) mass is 282 g/mol. The predicted octanol–water partition coefficient (Wildman–Crippen LogP) is 3.35. The second kappa shape index (κ2) is 7.14. The van der Waals surface area contributed by atoms with Crippen molar-refractivity contribution in [2.45, 2.75) is 32.2 Å². The summed E-state index contributed by atoms with van der Waals surface area (Å²) in [7, 11) is 2.16. The van der Waals surface area contributed by atoms with Gasteiger partial charge in [0, 0.05) is 11.6 Å². The van der Waals surface area contributed by atoms with E-state index in [4.69, 9.17) is 0 Å². The lowest BCUT2D eigenvalue weighted by Gasteiger charge is -2.29. The highest BCUT2D eigenvalue weighted by molar-refractivity contribution is 5.21. The first-order valence-electron chi connectivity index (χ1n) is 7.43. The molecule has 0 radical (unpaired) electrons. The van der Waals surface area contributed by atoms with E-state index in [2.05, 4.69) is 17.3 Å². The van der Waals surface area contributed by atoms with Crippen molar-refractivity contribution in [3.63, 3.8) is 0 Å². The lowest BCUT2D eigenvalue weighted by molar-refractivity contribution is 0.210. The molecule has 1 fully saturated rings. The van der Waals surface area contributed by atoms with Crippen LogP contribution in [0.15, 0.2) is 18.2 Å². The minimum atomic E-state index is -0.384. The number of halogens is 2. The van der Waals surface area contributed by atoms with Crippen molar-refractivity contribution in [1.29, 1.82) is 0 Å². The average molecular weight is 282 g/mol. The second-order valence-electron chi connectivity index (χ2n) is 5.88. The molecule has 1 atom stereocenters. The van der Waals surface area contributed by atoms with Gasteiger partial charge >= 0.3 is 0 Å². The van der Waals surface area contributed by atoms with Gasteiger partial charge in [0.05, 0.1) is 0 Å². The van der Waals surface area contributed by atoms with E-state index in [1.165, 1.54) is 38.1 Å². The Balaban J connectivity index is 1.77. The molecule has 1 saturated heterocycles. The van der Waals surface area contributed by atoms with Gasteiger partial charge in [0.1, 0.15) is 11.6 Å². The topological polar surface area (TPSA) is 15.3 Å². The molecule has 2 nitrogen and oxygen atoms in total. The number of rotatable bonds is 5. The zero-order chi connectivity index (χ0) is 14.5. The molecule has 1 aromatic carbocycles. The maximum atomic E-state index is 13.6. The van der Waals surface area contributed by atoms with E-state index in [-0.39, 0.29) is 17.7 Å². The third kappa shape index (κ3) is 4.25. The van der Waals surface area contributed by atoms with Crippen LogP contribution >= 0.6 is 0 Å². The van der Waals surface area contributed by atoms with Gasteiger partial charge in [0.15, 0.2) is 0 Å². The number of piperidine rings is 1. The molecule has 0 aliphatic carbocycles. The fourth-order valence-corrected chi connectivity index (χ4v) is 2.81. The summed E-state index contributed by atoms with van der Waals surface area (Å²) in [6.45, 7) is 5.06. The summed E-state index contributed by atoms with van der Waals surface area (Å²) in [4.78, 5) is 2.36. The van der Waals surface area contributed by atoms with Crippen LogP contribution in [0.1, 0.15) is 37.8 Å². The fourth-order valence-electron chi connectivity index (χ4n) is 2.81. The standard InChI is InChI=1S/C16H24F2N2/c1-12(15-11-14(17)3-4-16(15)18)19-8-5-13-6-9-20(2)10-7-13/h3-4,11-13,19H,5-10H2,1-2H3. The fraction of sp³-hybridized carbons (Fsp3) is 0.625. The highest BCUT2D eigenvalue weighted by Crippen LogP contribution is 2.21. The Morgan fingerprint density at radius 2 is 2.00 bits per heavy atom. The van der Waals surface area contributed by atoms with Crippen LogP contribution in [-0.2, 0) is 0 Å². The predicted molar refractivity (Wildman–Crippen MR) is 77.6 cm³/mol. The number of hydrogen-bond donors (Lipinski definition) is 1. The summed E-state index contributed by atoms with van der Waals surface area (Å²) in [5, 5.41) is 3.31. The first kappa shape index (κ1) is 15.4. The molecule has 0 amide bonds. The van der Waals surface area contributed by atoms with Crippen LogP contribution < -0.4 is 5.32 Å². The van der Waals surface area contributed by atoms with Gasteiger partial charge in [-0.25, -0.2) is 8.78 Å². The Labute approximate surface area is 120 Å². The largest absolute Gasteiger partial charge is 0.310 e. The van der Waals surface area contributed by atoms with Crippen LogP contribution in [0.3, 0.4) is 0 Å². The minimum absolute atomic E-state index is 0.156. The maximum Gasteiger partial charge on any atom is 0.128 e. The summed E-state index contributed by atoms with van der Waals surface area (Å²) in [5.41, 5.74) is 0.411. The number of benzene rings is 1. The van der Waals surface area contributed by atoms with E-state index >= 15 is 0 Å². The van der Waals surface area contributed by atoms with Gasteiger partial charge in [-0.05, 0) is 77.0 Å². The summed E-state index contributed by atoms with van der Waals surface area (Å²) >= 11 is 0. The summed E-state index contributed by atoms with van der Waals surface area (Å²) in [6, 6.07) is 3.48. The second-order valence-corrected chi connectivity index (χ2v) is 5.88. The molecular formula is C16H24F2N2. The molecule has 1 heterocycles. The molecule has 1 unspecified atom stereocenters. The Kier molecular flexibility index (Phi) is 5.49. The Bertz CT molecular complexity index is 428. The van der Waals surface area contributed by atoms with Crippen molar-refractivity contribution in [2.24, 2.45) is 5.92 Å². The zero-order valence-corrected chi connectivity index (χ0v) is 12.3. The van der Waals surface area contributed by atoms with Gasteiger partial charge in [0.2, 0.25) is 0 Å². The Hall–Kier alpha value is -1.00. The summed E-state index contributed by atoms with van der Waals surface area (Å²) in [6.07, 6.45) is 3.58. The van der Waals surface area contributed by atoms with Crippen molar-refractivity contribution >= 4 is 0 Å². The molecule has 112 valence electrons. The van der Waals surface area contributed by atoms with Crippen LogP contribution in [0.25, 0.3) is 0 Å². The van der Waals surface area contributed by atoms with E-state index in [1.807, 2.05) is 6.92 Å². The van der Waals surface area contributed by atoms with Crippen LogP contribution in [0.4, 0.5) is 8.78 Å². The quantitative estimate of drug-likeness (QED) is 0.891. The van der Waals surface area contributed by atoms with Crippen LogP contribution in [0, 0.1) is 17.6 Å². The highest BCUT2D eigenvalue weighted by Gasteiger charge is 2.17. The molecule has 0 spiro atoms. The van der Waals surface area contributed by atoms with E-state index in [0.29, 0.717) is 5.56 Å². The van der Waals surface area contributed by atoms with Crippen molar-refractivity contribution in [3.05, 3.63) is 35.4 Å². The first-order valence-corrected chi connectivity index (χ1v) is 7.43. The SMILES string of the molecule is CC(NCCC1CCN(C)CC1)c1cc(F)ccc1F. The maximum absolute atomic E-state index is 13.6. The zero-order valence-electron chi connectivity index (χ0n) is 12.3. The summed E-state index contributed by atoms with van der Waals surface area (Å²) in [5.74, 6) is 0.0271.